The standard InChI is InChI=1S/C19H30N4O2.ClH/c1-2-16(18-14-25-9-6-20-18)17(3-1)21-12-15-4-5-19(22-13-15)23-7-10-24-11-8-23;/h4-5,13,16-18,20-21H,1-3,6-12,14H2;1H. The van der Waals surface area contributed by atoms with Gasteiger partial charge in [0.25, 0.3) is 0 Å². The van der Waals surface area contributed by atoms with Gasteiger partial charge in [-0.25, -0.2) is 4.98 Å². The van der Waals surface area contributed by atoms with Crippen molar-refractivity contribution in [3.05, 3.63) is 23.9 Å². The molecule has 3 fully saturated rings. The second-order valence-corrected chi connectivity index (χ2v) is 7.34. The van der Waals surface area contributed by atoms with Gasteiger partial charge in [-0.3, -0.25) is 0 Å². The van der Waals surface area contributed by atoms with E-state index in [2.05, 4.69) is 32.7 Å². The third kappa shape index (κ3) is 4.87. The molecular weight excluding hydrogens is 352 g/mol. The van der Waals surface area contributed by atoms with Crippen LogP contribution in [0.2, 0.25) is 0 Å². The molecule has 0 aromatic carbocycles. The summed E-state index contributed by atoms with van der Waals surface area (Å²) in [6.45, 7) is 7.06. The Labute approximate surface area is 162 Å². The fourth-order valence-corrected chi connectivity index (χ4v) is 4.33. The first-order valence-electron chi connectivity index (χ1n) is 9.72. The van der Waals surface area contributed by atoms with Gasteiger partial charge in [0, 0.05) is 44.5 Å². The lowest BCUT2D eigenvalue weighted by atomic mass is 9.94. The van der Waals surface area contributed by atoms with Crippen molar-refractivity contribution in [1.82, 2.24) is 15.6 Å². The maximum Gasteiger partial charge on any atom is 0.128 e. The number of anilines is 1. The van der Waals surface area contributed by atoms with Gasteiger partial charge in [-0.1, -0.05) is 12.5 Å². The highest BCUT2D eigenvalue weighted by atomic mass is 35.5. The normalized spacial score (nSPS) is 29.4. The van der Waals surface area contributed by atoms with Crippen molar-refractivity contribution < 1.29 is 9.47 Å². The molecule has 7 heteroatoms. The maximum absolute atomic E-state index is 5.66. The summed E-state index contributed by atoms with van der Waals surface area (Å²) < 4.78 is 11.1. The number of pyridine rings is 1. The fourth-order valence-electron chi connectivity index (χ4n) is 4.33. The quantitative estimate of drug-likeness (QED) is 0.806. The SMILES string of the molecule is Cl.c1cc(N2CCOCC2)ncc1CNC1CCCC1C1COCCN1. The summed E-state index contributed by atoms with van der Waals surface area (Å²) in [6, 6.07) is 5.44. The van der Waals surface area contributed by atoms with Gasteiger partial charge in [0.05, 0.1) is 26.4 Å². The number of ether oxygens (including phenoxy) is 2. The van der Waals surface area contributed by atoms with Gasteiger partial charge >= 0.3 is 0 Å². The molecule has 2 N–H and O–H groups in total. The van der Waals surface area contributed by atoms with E-state index in [-0.39, 0.29) is 12.4 Å². The Balaban J connectivity index is 0.00000196. The zero-order chi connectivity index (χ0) is 16.9. The molecule has 3 atom stereocenters. The molecule has 2 aliphatic heterocycles. The molecule has 3 heterocycles. The van der Waals surface area contributed by atoms with Crippen LogP contribution in [0.4, 0.5) is 5.82 Å². The van der Waals surface area contributed by atoms with E-state index in [4.69, 9.17) is 9.47 Å². The van der Waals surface area contributed by atoms with Crippen molar-refractivity contribution in [3.8, 4) is 0 Å². The molecule has 146 valence electrons. The molecule has 0 radical (unpaired) electrons. The van der Waals surface area contributed by atoms with Crippen LogP contribution in [0.25, 0.3) is 0 Å². The second kappa shape index (κ2) is 9.85. The van der Waals surface area contributed by atoms with Gasteiger partial charge in [-0.2, -0.15) is 0 Å². The molecule has 26 heavy (non-hydrogen) atoms. The van der Waals surface area contributed by atoms with Gasteiger partial charge in [-0.15, -0.1) is 12.4 Å². The molecule has 1 aromatic heterocycles. The second-order valence-electron chi connectivity index (χ2n) is 7.34. The first kappa shape index (κ1) is 19.8. The Morgan fingerprint density at radius 2 is 2.04 bits per heavy atom. The van der Waals surface area contributed by atoms with E-state index < -0.39 is 0 Å². The van der Waals surface area contributed by atoms with Gasteiger partial charge in [0.1, 0.15) is 5.82 Å². The van der Waals surface area contributed by atoms with Crippen LogP contribution in [0, 0.1) is 5.92 Å². The molecule has 2 saturated heterocycles. The van der Waals surface area contributed by atoms with Gasteiger partial charge in [0.15, 0.2) is 0 Å². The van der Waals surface area contributed by atoms with Crippen molar-refractivity contribution in [1.29, 1.82) is 0 Å². The molecule has 1 aliphatic carbocycles. The van der Waals surface area contributed by atoms with E-state index in [1.165, 1.54) is 24.8 Å². The van der Waals surface area contributed by atoms with Crippen molar-refractivity contribution in [2.24, 2.45) is 5.92 Å². The number of nitrogens with zero attached hydrogens (tertiary/aromatic N) is 2. The van der Waals surface area contributed by atoms with Crippen molar-refractivity contribution in [3.63, 3.8) is 0 Å². The fraction of sp³-hybridized carbons (Fsp3) is 0.737. The lowest BCUT2D eigenvalue weighted by Gasteiger charge is -2.33. The molecule has 4 rings (SSSR count). The Morgan fingerprint density at radius 1 is 1.15 bits per heavy atom. The van der Waals surface area contributed by atoms with Crippen molar-refractivity contribution >= 4 is 18.2 Å². The van der Waals surface area contributed by atoms with E-state index in [1.54, 1.807) is 0 Å². The summed E-state index contributed by atoms with van der Waals surface area (Å²) in [5, 5.41) is 7.42. The molecule has 1 saturated carbocycles. The van der Waals surface area contributed by atoms with Crippen LogP contribution in [-0.4, -0.2) is 63.1 Å². The lowest BCUT2D eigenvalue weighted by Crippen LogP contribution is -2.50. The summed E-state index contributed by atoms with van der Waals surface area (Å²) in [4.78, 5) is 6.95. The van der Waals surface area contributed by atoms with Gasteiger partial charge in [-0.05, 0) is 30.4 Å². The smallest absolute Gasteiger partial charge is 0.128 e. The average Bonchev–Trinajstić information content (AvgIpc) is 3.17. The minimum absolute atomic E-state index is 0. The minimum Gasteiger partial charge on any atom is -0.379 e. The van der Waals surface area contributed by atoms with Gasteiger partial charge < -0.3 is 25.0 Å². The number of rotatable bonds is 5. The third-order valence-electron chi connectivity index (χ3n) is 5.75. The lowest BCUT2D eigenvalue weighted by molar-refractivity contribution is 0.0524. The number of halogens is 1. The van der Waals surface area contributed by atoms with E-state index in [9.17, 15) is 0 Å². The number of aromatic nitrogens is 1. The zero-order valence-corrected chi connectivity index (χ0v) is 16.2. The molecule has 1 aromatic rings. The highest BCUT2D eigenvalue weighted by Gasteiger charge is 2.34. The first-order chi connectivity index (χ1) is 12.4. The summed E-state index contributed by atoms with van der Waals surface area (Å²) >= 11 is 0. The molecule has 0 amide bonds. The Kier molecular flexibility index (Phi) is 7.52. The predicted molar refractivity (Wildman–Crippen MR) is 105 cm³/mol. The first-order valence-corrected chi connectivity index (χ1v) is 9.72. The van der Waals surface area contributed by atoms with Gasteiger partial charge in [0.2, 0.25) is 0 Å². The number of hydrogen-bond donors (Lipinski definition) is 2. The zero-order valence-electron chi connectivity index (χ0n) is 15.4. The molecular formula is C19H31ClN4O2. The highest BCUT2D eigenvalue weighted by molar-refractivity contribution is 5.85. The molecule has 0 spiro atoms. The van der Waals surface area contributed by atoms with Crippen LogP contribution in [0.1, 0.15) is 24.8 Å². The topological polar surface area (TPSA) is 58.7 Å². The van der Waals surface area contributed by atoms with Crippen molar-refractivity contribution in [2.75, 3.05) is 51.0 Å². The Bertz CT molecular complexity index is 533. The molecule has 3 unspecified atom stereocenters. The summed E-state index contributed by atoms with van der Waals surface area (Å²) in [5.74, 6) is 1.75. The van der Waals surface area contributed by atoms with Crippen LogP contribution in [0.3, 0.4) is 0 Å². The van der Waals surface area contributed by atoms with E-state index in [1.807, 2.05) is 6.20 Å². The molecule has 6 nitrogen and oxygen atoms in total. The largest absolute Gasteiger partial charge is 0.379 e. The Hall–Kier alpha value is -0.920. The maximum atomic E-state index is 5.66. The van der Waals surface area contributed by atoms with Crippen LogP contribution in [-0.2, 0) is 16.0 Å². The number of nitrogens with one attached hydrogen (secondary N) is 2. The van der Waals surface area contributed by atoms with Crippen LogP contribution in [0.5, 0.6) is 0 Å². The average molecular weight is 383 g/mol. The monoisotopic (exact) mass is 382 g/mol. The number of hydrogen-bond acceptors (Lipinski definition) is 6. The molecule has 0 bridgehead atoms. The third-order valence-corrected chi connectivity index (χ3v) is 5.75. The molecule has 3 aliphatic rings. The number of morpholine rings is 2. The van der Waals surface area contributed by atoms with E-state index in [0.29, 0.717) is 18.0 Å². The predicted octanol–water partition coefficient (Wildman–Crippen LogP) is 1.59. The van der Waals surface area contributed by atoms with E-state index in [0.717, 1.165) is 58.4 Å². The summed E-state index contributed by atoms with van der Waals surface area (Å²) in [6.07, 6.45) is 5.90. The van der Waals surface area contributed by atoms with Crippen molar-refractivity contribution in [2.45, 2.75) is 37.9 Å². The van der Waals surface area contributed by atoms with Crippen LogP contribution >= 0.6 is 12.4 Å². The van der Waals surface area contributed by atoms with Crippen LogP contribution < -0.4 is 15.5 Å². The summed E-state index contributed by atoms with van der Waals surface area (Å²) in [7, 11) is 0. The van der Waals surface area contributed by atoms with Crippen LogP contribution in [0.15, 0.2) is 18.3 Å². The van der Waals surface area contributed by atoms with E-state index >= 15 is 0 Å². The Morgan fingerprint density at radius 3 is 2.77 bits per heavy atom. The summed E-state index contributed by atoms with van der Waals surface area (Å²) in [5.41, 5.74) is 1.26. The minimum atomic E-state index is 0. The highest BCUT2D eigenvalue weighted by Crippen LogP contribution is 2.29.